The maximum absolute atomic E-state index is 6.65. The highest BCUT2D eigenvalue weighted by molar-refractivity contribution is 7.21. The lowest BCUT2D eigenvalue weighted by molar-refractivity contribution is 0.269. The lowest BCUT2D eigenvalue weighted by atomic mass is 10.1. The summed E-state index contributed by atoms with van der Waals surface area (Å²) in [6.07, 6.45) is 0. The monoisotopic (exact) mass is 528 g/mol. The maximum Gasteiger partial charge on any atom is 0.180 e. The first-order valence-corrected chi connectivity index (χ1v) is 13.5. The summed E-state index contributed by atoms with van der Waals surface area (Å²) in [5.74, 6) is 1.23. The van der Waals surface area contributed by atoms with Crippen molar-refractivity contribution < 1.29 is 9.47 Å². The summed E-state index contributed by atoms with van der Waals surface area (Å²) in [7, 11) is 0. The van der Waals surface area contributed by atoms with E-state index in [1.807, 2.05) is 31.2 Å². The van der Waals surface area contributed by atoms with E-state index < -0.39 is 0 Å². The molecule has 5 rings (SSSR count). The van der Waals surface area contributed by atoms with Gasteiger partial charge in [0.15, 0.2) is 11.5 Å². The lowest BCUT2D eigenvalue weighted by Crippen LogP contribution is -2.04. The van der Waals surface area contributed by atoms with Crippen LogP contribution in [0.15, 0.2) is 78.9 Å². The number of nitrogens with one attached hydrogen (secondary N) is 1. The predicted molar refractivity (Wildman–Crippen MR) is 155 cm³/mol. The normalized spacial score (nSPS) is 11.0. The third-order valence-electron chi connectivity index (χ3n) is 6.17. The number of hydrogen-bond acceptors (Lipinski definition) is 5. The molecule has 0 radical (unpaired) electrons. The minimum atomic E-state index is 0.435. The fraction of sp³-hybridized carbons (Fsp3) is 0.194. The quantitative estimate of drug-likeness (QED) is 0.207. The van der Waals surface area contributed by atoms with E-state index in [0.717, 1.165) is 32.9 Å². The van der Waals surface area contributed by atoms with Gasteiger partial charge in [-0.05, 0) is 91.6 Å². The number of nitrogens with zero attached hydrogens (tertiary/aromatic N) is 1. The largest absolute Gasteiger partial charge is 0.490 e. The first-order chi connectivity index (χ1) is 18.0. The van der Waals surface area contributed by atoms with Crippen molar-refractivity contribution in [3.8, 4) is 22.1 Å². The van der Waals surface area contributed by atoms with Crippen LogP contribution in [0.25, 0.3) is 20.8 Å². The Bertz CT molecular complexity index is 1530. The van der Waals surface area contributed by atoms with Crippen molar-refractivity contribution >= 4 is 38.8 Å². The van der Waals surface area contributed by atoms with Crippen molar-refractivity contribution in [2.24, 2.45) is 0 Å². The van der Waals surface area contributed by atoms with E-state index in [1.54, 1.807) is 11.3 Å². The fourth-order valence-electron chi connectivity index (χ4n) is 4.14. The second-order valence-electron chi connectivity index (χ2n) is 8.97. The van der Waals surface area contributed by atoms with Gasteiger partial charge in [-0.25, -0.2) is 4.98 Å². The molecule has 0 saturated heterocycles. The van der Waals surface area contributed by atoms with Crippen LogP contribution in [-0.2, 0) is 13.2 Å². The Morgan fingerprint density at radius 2 is 1.73 bits per heavy atom. The van der Waals surface area contributed by atoms with Crippen LogP contribution in [0.2, 0.25) is 5.02 Å². The third-order valence-corrected chi connectivity index (χ3v) is 7.52. The van der Waals surface area contributed by atoms with E-state index in [1.165, 1.54) is 15.8 Å². The molecule has 188 valence electrons. The zero-order chi connectivity index (χ0) is 25.8. The summed E-state index contributed by atoms with van der Waals surface area (Å²) in [6.45, 7) is 7.71. The molecule has 0 bridgehead atoms. The number of anilines is 1. The number of thiazole rings is 1. The minimum absolute atomic E-state index is 0.435. The van der Waals surface area contributed by atoms with Crippen molar-refractivity contribution in [3.05, 3.63) is 106 Å². The van der Waals surface area contributed by atoms with Crippen molar-refractivity contribution in [2.75, 3.05) is 11.9 Å². The van der Waals surface area contributed by atoms with Gasteiger partial charge in [0.2, 0.25) is 0 Å². The van der Waals surface area contributed by atoms with E-state index in [9.17, 15) is 0 Å². The van der Waals surface area contributed by atoms with Gasteiger partial charge in [0.1, 0.15) is 11.6 Å². The Morgan fingerprint density at radius 1 is 0.919 bits per heavy atom. The Balaban J connectivity index is 1.27. The number of rotatable bonds is 9. The minimum Gasteiger partial charge on any atom is -0.490 e. The molecule has 4 aromatic carbocycles. The molecule has 37 heavy (non-hydrogen) atoms. The van der Waals surface area contributed by atoms with Gasteiger partial charge < -0.3 is 14.8 Å². The molecule has 0 amide bonds. The summed E-state index contributed by atoms with van der Waals surface area (Å²) in [6, 6.07) is 26.8. The lowest BCUT2D eigenvalue weighted by Gasteiger charge is -2.16. The highest BCUT2D eigenvalue weighted by Gasteiger charge is 2.14. The molecule has 0 fully saturated rings. The number of benzene rings is 4. The van der Waals surface area contributed by atoms with E-state index >= 15 is 0 Å². The molecule has 1 heterocycles. The van der Waals surface area contributed by atoms with Gasteiger partial charge in [-0.1, -0.05) is 41.9 Å². The number of hydrogen-bond donors (Lipinski definition) is 1. The molecule has 6 heteroatoms. The molecule has 0 unspecified atom stereocenters. The van der Waals surface area contributed by atoms with Crippen LogP contribution in [0.4, 0.5) is 5.69 Å². The van der Waals surface area contributed by atoms with E-state index in [2.05, 4.69) is 73.8 Å². The summed E-state index contributed by atoms with van der Waals surface area (Å²) in [5, 5.41) is 5.05. The van der Waals surface area contributed by atoms with Crippen LogP contribution in [0.5, 0.6) is 11.5 Å². The maximum atomic E-state index is 6.65. The number of aromatic nitrogens is 1. The highest BCUT2D eigenvalue weighted by Crippen LogP contribution is 2.38. The third kappa shape index (κ3) is 5.90. The van der Waals surface area contributed by atoms with Gasteiger partial charge in [0.25, 0.3) is 0 Å². The number of ether oxygens (including phenoxy) is 2. The topological polar surface area (TPSA) is 43.4 Å². The molecular formula is C31H29ClN2O2S. The average Bonchev–Trinajstić information content (AvgIpc) is 3.32. The van der Waals surface area contributed by atoms with Gasteiger partial charge in [0, 0.05) is 17.8 Å². The zero-order valence-corrected chi connectivity index (χ0v) is 22.7. The second kappa shape index (κ2) is 11.2. The highest BCUT2D eigenvalue weighted by atomic mass is 35.5. The molecule has 0 aliphatic carbocycles. The van der Waals surface area contributed by atoms with Gasteiger partial charge in [-0.15, -0.1) is 11.3 Å². The SMILES string of the molecule is CCOc1cc(CNc2ccc(-c3nc4ccc(C)cc4s3)cc2)cc(Cl)c1OCc1ccccc1C. The van der Waals surface area contributed by atoms with Crippen LogP contribution in [0, 0.1) is 13.8 Å². The standard InChI is InChI=1S/C31H29ClN2O2S/c1-4-35-28-17-22(16-26(32)30(28)36-19-24-8-6-5-7-21(24)3)18-33-25-12-10-23(11-13-25)31-34-27-14-9-20(2)15-29(27)37-31/h5-17,33H,4,18-19H2,1-3H3. The summed E-state index contributed by atoms with van der Waals surface area (Å²) in [5.41, 5.74) is 7.75. The number of halogens is 1. The molecule has 0 aliphatic rings. The van der Waals surface area contributed by atoms with Crippen LogP contribution in [0.3, 0.4) is 0 Å². The molecule has 0 aliphatic heterocycles. The molecule has 1 N–H and O–H groups in total. The van der Waals surface area contributed by atoms with Crippen molar-refractivity contribution in [2.45, 2.75) is 33.9 Å². The van der Waals surface area contributed by atoms with Crippen LogP contribution in [-0.4, -0.2) is 11.6 Å². The summed E-state index contributed by atoms with van der Waals surface area (Å²) in [4.78, 5) is 4.79. The summed E-state index contributed by atoms with van der Waals surface area (Å²) < 4.78 is 13.2. The predicted octanol–water partition coefficient (Wildman–Crippen LogP) is 8.82. The Labute approximate surface area is 226 Å². The molecular weight excluding hydrogens is 500 g/mol. The zero-order valence-electron chi connectivity index (χ0n) is 21.2. The summed E-state index contributed by atoms with van der Waals surface area (Å²) >= 11 is 8.37. The Hall–Kier alpha value is -3.54. The molecule has 1 aromatic heterocycles. The van der Waals surface area contributed by atoms with Crippen molar-refractivity contribution in [3.63, 3.8) is 0 Å². The van der Waals surface area contributed by atoms with Gasteiger partial charge >= 0.3 is 0 Å². The van der Waals surface area contributed by atoms with E-state index in [4.69, 9.17) is 26.1 Å². The molecule has 0 saturated carbocycles. The Morgan fingerprint density at radius 3 is 2.51 bits per heavy atom. The average molecular weight is 529 g/mol. The first kappa shape index (κ1) is 25.1. The first-order valence-electron chi connectivity index (χ1n) is 12.3. The molecule has 5 aromatic rings. The van der Waals surface area contributed by atoms with Crippen LogP contribution >= 0.6 is 22.9 Å². The fourth-order valence-corrected chi connectivity index (χ4v) is 5.50. The molecule has 4 nitrogen and oxygen atoms in total. The van der Waals surface area contributed by atoms with Gasteiger partial charge in [0.05, 0.1) is 21.8 Å². The van der Waals surface area contributed by atoms with Gasteiger partial charge in [-0.2, -0.15) is 0 Å². The Kier molecular flexibility index (Phi) is 7.63. The molecule has 0 spiro atoms. The van der Waals surface area contributed by atoms with Crippen LogP contribution in [0.1, 0.15) is 29.2 Å². The van der Waals surface area contributed by atoms with Crippen LogP contribution < -0.4 is 14.8 Å². The number of aryl methyl sites for hydroxylation is 2. The molecule has 0 atom stereocenters. The smallest absolute Gasteiger partial charge is 0.180 e. The number of fused-ring (bicyclic) bond motifs is 1. The van der Waals surface area contributed by atoms with E-state index in [0.29, 0.717) is 36.3 Å². The van der Waals surface area contributed by atoms with Crippen molar-refractivity contribution in [1.29, 1.82) is 0 Å². The second-order valence-corrected chi connectivity index (χ2v) is 10.4. The van der Waals surface area contributed by atoms with E-state index in [-0.39, 0.29) is 0 Å². The van der Waals surface area contributed by atoms with Crippen molar-refractivity contribution in [1.82, 2.24) is 4.98 Å². The van der Waals surface area contributed by atoms with Gasteiger partial charge in [-0.3, -0.25) is 0 Å².